The van der Waals surface area contributed by atoms with Gasteiger partial charge in [0.1, 0.15) is 0 Å². The summed E-state index contributed by atoms with van der Waals surface area (Å²) in [6.07, 6.45) is 5.73. The molecule has 2 fully saturated rings. The van der Waals surface area contributed by atoms with Crippen LogP contribution in [0.1, 0.15) is 46.0 Å². The number of carboxylic acid groups (broad SMARTS) is 1. The number of pyridine rings is 1. The molecule has 11 nitrogen and oxygen atoms in total. The molecule has 0 spiro atoms. The number of hydrogen-bond acceptors (Lipinski definition) is 7. The molecule has 3 aromatic rings. The van der Waals surface area contributed by atoms with E-state index in [1.54, 1.807) is 0 Å². The Bertz CT molecular complexity index is 1360. The average molecular weight is 537 g/mol. The molecule has 2 aromatic heterocycles. The minimum atomic E-state index is -0.905. The number of carbonyl (C=O) groups is 2. The molecule has 1 saturated carbocycles. The first kappa shape index (κ1) is 26.4. The number of nitrogens with one attached hydrogen (secondary N) is 3. The Morgan fingerprint density at radius 1 is 1.08 bits per heavy atom. The maximum absolute atomic E-state index is 14.6. The zero-order valence-corrected chi connectivity index (χ0v) is 22.1. The van der Waals surface area contributed by atoms with Crippen molar-refractivity contribution in [1.29, 1.82) is 0 Å². The number of hydrogen-bond donors (Lipinski definition) is 4. The Kier molecular flexibility index (Phi) is 7.36. The molecule has 5 rings (SSSR count). The SMILES string of the molecule is CC1(C)CN(c2ccc(Nc3ncc4cc(F)c(NC(=O)NC5CCCCC5)nc4n3)cc2)CCN1C(=O)O. The quantitative estimate of drug-likeness (QED) is 0.360. The van der Waals surface area contributed by atoms with Gasteiger partial charge in [0.25, 0.3) is 0 Å². The molecule has 39 heavy (non-hydrogen) atoms. The topological polar surface area (TPSA) is 136 Å². The van der Waals surface area contributed by atoms with Crippen LogP contribution in [0.4, 0.5) is 37.1 Å². The van der Waals surface area contributed by atoms with Crippen LogP contribution in [0.5, 0.6) is 0 Å². The molecule has 3 heterocycles. The molecule has 1 aliphatic heterocycles. The average Bonchev–Trinajstić information content (AvgIpc) is 2.89. The fourth-order valence-corrected chi connectivity index (χ4v) is 5.28. The van der Waals surface area contributed by atoms with E-state index in [9.17, 15) is 19.1 Å². The summed E-state index contributed by atoms with van der Waals surface area (Å²) in [6.45, 7) is 5.46. The third-order valence-electron chi connectivity index (χ3n) is 7.32. The molecule has 0 bridgehead atoms. The van der Waals surface area contributed by atoms with Crippen molar-refractivity contribution in [2.75, 3.05) is 35.2 Å². The number of carbonyl (C=O) groups excluding carboxylic acids is 1. The number of aromatic nitrogens is 3. The number of halogens is 1. The summed E-state index contributed by atoms with van der Waals surface area (Å²) >= 11 is 0. The predicted molar refractivity (Wildman–Crippen MR) is 147 cm³/mol. The highest BCUT2D eigenvalue weighted by atomic mass is 19.1. The number of nitrogens with zero attached hydrogens (tertiary/aromatic N) is 5. The van der Waals surface area contributed by atoms with Gasteiger partial charge in [-0.25, -0.2) is 23.9 Å². The van der Waals surface area contributed by atoms with Crippen LogP contribution in [0.3, 0.4) is 0 Å². The van der Waals surface area contributed by atoms with Gasteiger partial charge in [-0.1, -0.05) is 19.3 Å². The monoisotopic (exact) mass is 536 g/mol. The normalized spacial score (nSPS) is 17.6. The van der Waals surface area contributed by atoms with E-state index in [0.717, 1.165) is 37.1 Å². The summed E-state index contributed by atoms with van der Waals surface area (Å²) in [7, 11) is 0. The number of amides is 3. The summed E-state index contributed by atoms with van der Waals surface area (Å²) in [5.41, 5.74) is 1.47. The molecule has 0 radical (unpaired) electrons. The lowest BCUT2D eigenvalue weighted by atomic mass is 9.96. The van der Waals surface area contributed by atoms with Crippen LogP contribution >= 0.6 is 0 Å². The second kappa shape index (κ2) is 10.9. The van der Waals surface area contributed by atoms with Crippen molar-refractivity contribution in [3.8, 4) is 0 Å². The van der Waals surface area contributed by atoms with Crippen LogP contribution in [0, 0.1) is 5.82 Å². The van der Waals surface area contributed by atoms with Crippen molar-refractivity contribution in [2.24, 2.45) is 0 Å². The Morgan fingerprint density at radius 3 is 2.51 bits per heavy atom. The van der Waals surface area contributed by atoms with Gasteiger partial charge in [-0.3, -0.25) is 10.2 Å². The standard InChI is InChI=1S/C27H33FN8O3/c1-27(2)16-35(12-13-36(27)26(38)39)20-10-8-19(9-11-20)30-24-29-15-17-14-21(28)23(32-22(17)33-24)34-25(37)31-18-6-4-3-5-7-18/h8-11,14-15,18H,3-7,12-13,16H2,1-2H3,(H,38,39)(H3,29,30,31,32,33,34,37). The molecule has 0 atom stereocenters. The van der Waals surface area contributed by atoms with Crippen LogP contribution in [-0.4, -0.2) is 68.3 Å². The second-order valence-corrected chi connectivity index (χ2v) is 10.7. The highest BCUT2D eigenvalue weighted by Gasteiger charge is 2.36. The van der Waals surface area contributed by atoms with Gasteiger partial charge in [0.05, 0.1) is 5.54 Å². The Labute approximate surface area is 225 Å². The van der Waals surface area contributed by atoms with Gasteiger partial charge >= 0.3 is 12.1 Å². The van der Waals surface area contributed by atoms with Crippen LogP contribution in [0.25, 0.3) is 11.0 Å². The zero-order valence-electron chi connectivity index (χ0n) is 22.1. The van der Waals surface area contributed by atoms with E-state index in [1.165, 1.54) is 23.6 Å². The van der Waals surface area contributed by atoms with Crippen molar-refractivity contribution in [3.63, 3.8) is 0 Å². The lowest BCUT2D eigenvalue weighted by molar-refractivity contribution is 0.0845. The first-order valence-electron chi connectivity index (χ1n) is 13.2. The van der Waals surface area contributed by atoms with Gasteiger partial charge < -0.3 is 20.6 Å². The van der Waals surface area contributed by atoms with E-state index < -0.39 is 23.5 Å². The third kappa shape index (κ3) is 6.10. The molecule has 1 saturated heterocycles. The Balaban J connectivity index is 1.25. The van der Waals surface area contributed by atoms with E-state index in [1.807, 2.05) is 38.1 Å². The van der Waals surface area contributed by atoms with Crippen molar-refractivity contribution in [3.05, 3.63) is 42.3 Å². The van der Waals surface area contributed by atoms with E-state index in [-0.39, 0.29) is 23.5 Å². The third-order valence-corrected chi connectivity index (χ3v) is 7.32. The number of piperazine rings is 1. The van der Waals surface area contributed by atoms with E-state index in [2.05, 4.69) is 35.8 Å². The number of rotatable bonds is 5. The fourth-order valence-electron chi connectivity index (χ4n) is 5.28. The summed E-state index contributed by atoms with van der Waals surface area (Å²) < 4.78 is 14.6. The molecular formula is C27H33FN8O3. The fraction of sp³-hybridized carbons (Fsp3) is 0.444. The van der Waals surface area contributed by atoms with Crippen LogP contribution in [-0.2, 0) is 0 Å². The maximum atomic E-state index is 14.6. The zero-order chi connectivity index (χ0) is 27.6. The summed E-state index contributed by atoms with van der Waals surface area (Å²) in [6, 6.07) is 8.55. The molecule has 12 heteroatoms. The summed E-state index contributed by atoms with van der Waals surface area (Å²) in [4.78, 5) is 40.4. The Hall–Kier alpha value is -4.22. The highest BCUT2D eigenvalue weighted by molar-refractivity contribution is 5.90. The smallest absolute Gasteiger partial charge is 0.407 e. The van der Waals surface area contributed by atoms with E-state index in [4.69, 9.17) is 0 Å². The van der Waals surface area contributed by atoms with Crippen molar-refractivity contribution < 1.29 is 19.1 Å². The summed E-state index contributed by atoms with van der Waals surface area (Å²) in [5, 5.41) is 18.4. The number of urea groups is 1. The number of benzene rings is 1. The molecule has 3 amide bonds. The molecule has 2 aliphatic rings. The lowest BCUT2D eigenvalue weighted by Crippen LogP contribution is -2.60. The van der Waals surface area contributed by atoms with E-state index >= 15 is 0 Å². The van der Waals surface area contributed by atoms with Crippen LogP contribution in [0.2, 0.25) is 0 Å². The first-order valence-corrected chi connectivity index (χ1v) is 13.2. The van der Waals surface area contributed by atoms with Gasteiger partial charge in [0, 0.05) is 48.6 Å². The van der Waals surface area contributed by atoms with Crippen molar-refractivity contribution in [1.82, 2.24) is 25.2 Å². The van der Waals surface area contributed by atoms with Crippen LogP contribution < -0.4 is 20.9 Å². The first-order chi connectivity index (χ1) is 18.7. The highest BCUT2D eigenvalue weighted by Crippen LogP contribution is 2.27. The van der Waals surface area contributed by atoms with Gasteiger partial charge in [0.15, 0.2) is 17.3 Å². The van der Waals surface area contributed by atoms with Crippen LogP contribution in [0.15, 0.2) is 36.5 Å². The molecular weight excluding hydrogens is 503 g/mol. The van der Waals surface area contributed by atoms with Gasteiger partial charge in [0.2, 0.25) is 5.95 Å². The number of fused-ring (bicyclic) bond motifs is 1. The van der Waals surface area contributed by atoms with Gasteiger partial charge in [-0.05, 0) is 57.0 Å². The predicted octanol–water partition coefficient (Wildman–Crippen LogP) is 4.94. The van der Waals surface area contributed by atoms with Gasteiger partial charge in [-0.15, -0.1) is 0 Å². The van der Waals surface area contributed by atoms with Crippen molar-refractivity contribution in [2.45, 2.75) is 57.5 Å². The molecule has 4 N–H and O–H groups in total. The number of anilines is 4. The maximum Gasteiger partial charge on any atom is 0.407 e. The largest absolute Gasteiger partial charge is 0.465 e. The molecule has 1 aliphatic carbocycles. The minimum absolute atomic E-state index is 0.0904. The molecule has 0 unspecified atom stereocenters. The van der Waals surface area contributed by atoms with Gasteiger partial charge in [-0.2, -0.15) is 4.98 Å². The molecule has 1 aromatic carbocycles. The Morgan fingerprint density at radius 2 is 1.82 bits per heavy atom. The summed E-state index contributed by atoms with van der Waals surface area (Å²) in [5.74, 6) is -0.563. The van der Waals surface area contributed by atoms with E-state index in [0.29, 0.717) is 25.0 Å². The minimum Gasteiger partial charge on any atom is -0.465 e. The van der Waals surface area contributed by atoms with Crippen molar-refractivity contribution >= 4 is 46.3 Å². The lowest BCUT2D eigenvalue weighted by Gasteiger charge is -2.46. The molecule has 206 valence electrons. The second-order valence-electron chi connectivity index (χ2n) is 10.7.